The van der Waals surface area contributed by atoms with Crippen LogP contribution in [0.15, 0.2) is 30.3 Å². The Balaban J connectivity index is 1.91. The molecule has 0 saturated carbocycles. The molecule has 1 aromatic rings. The maximum Gasteiger partial charge on any atom is 0.0988 e. The molecule has 2 rings (SSSR count). The van der Waals surface area contributed by atoms with Crippen molar-refractivity contribution in [2.24, 2.45) is 0 Å². The number of hydrogen-bond donors (Lipinski definition) is 3. The van der Waals surface area contributed by atoms with Gasteiger partial charge < -0.3 is 15.3 Å². The van der Waals surface area contributed by atoms with Crippen LogP contribution < -0.4 is 0 Å². The van der Waals surface area contributed by atoms with E-state index >= 15 is 0 Å². The van der Waals surface area contributed by atoms with E-state index in [1.807, 2.05) is 23.1 Å². The standard InChI is InChI=1S/C13H19NO3/c15-9-11-13(17)12(16)8-14(11)7-6-10-4-2-1-3-5-10/h1-5,11-13,15-17H,6-9H2/t11-,12-,13-/m0/s1. The molecule has 0 amide bonds. The Labute approximate surface area is 101 Å². The highest BCUT2D eigenvalue weighted by atomic mass is 16.3. The van der Waals surface area contributed by atoms with Crippen LogP contribution in [0.1, 0.15) is 5.56 Å². The summed E-state index contributed by atoms with van der Waals surface area (Å²) in [4.78, 5) is 1.95. The third kappa shape index (κ3) is 2.84. The van der Waals surface area contributed by atoms with Gasteiger partial charge in [-0.05, 0) is 12.0 Å². The van der Waals surface area contributed by atoms with E-state index in [2.05, 4.69) is 12.1 Å². The maximum absolute atomic E-state index is 9.67. The second-order valence-electron chi connectivity index (χ2n) is 4.54. The molecule has 1 fully saturated rings. The first-order valence-electron chi connectivity index (χ1n) is 5.97. The highest BCUT2D eigenvalue weighted by molar-refractivity contribution is 5.15. The number of benzene rings is 1. The molecule has 94 valence electrons. The van der Waals surface area contributed by atoms with Gasteiger partial charge in [-0.25, -0.2) is 0 Å². The van der Waals surface area contributed by atoms with Crippen molar-refractivity contribution in [2.75, 3.05) is 19.7 Å². The summed E-state index contributed by atoms with van der Waals surface area (Å²) in [6.45, 7) is 1.05. The first kappa shape index (κ1) is 12.5. The molecule has 1 aromatic carbocycles. The number of likely N-dealkylation sites (tertiary alicyclic amines) is 1. The van der Waals surface area contributed by atoms with Gasteiger partial charge in [0.15, 0.2) is 0 Å². The van der Waals surface area contributed by atoms with Crippen LogP contribution in [0.25, 0.3) is 0 Å². The summed E-state index contributed by atoms with van der Waals surface area (Å²) < 4.78 is 0. The first-order valence-corrected chi connectivity index (χ1v) is 5.97. The Bertz CT molecular complexity index is 344. The molecule has 0 bridgehead atoms. The van der Waals surface area contributed by atoms with E-state index in [4.69, 9.17) is 0 Å². The lowest BCUT2D eigenvalue weighted by Gasteiger charge is -2.23. The van der Waals surface area contributed by atoms with Crippen molar-refractivity contribution in [1.82, 2.24) is 4.90 Å². The zero-order chi connectivity index (χ0) is 12.3. The molecule has 0 unspecified atom stereocenters. The van der Waals surface area contributed by atoms with E-state index in [1.54, 1.807) is 0 Å². The van der Waals surface area contributed by atoms with Crippen molar-refractivity contribution < 1.29 is 15.3 Å². The average molecular weight is 237 g/mol. The predicted molar refractivity (Wildman–Crippen MR) is 64.6 cm³/mol. The Morgan fingerprint density at radius 3 is 2.53 bits per heavy atom. The lowest BCUT2D eigenvalue weighted by Crippen LogP contribution is -2.39. The zero-order valence-corrected chi connectivity index (χ0v) is 9.74. The van der Waals surface area contributed by atoms with E-state index in [-0.39, 0.29) is 12.6 Å². The Kier molecular flexibility index (Phi) is 4.12. The Hall–Kier alpha value is -0.940. The lowest BCUT2D eigenvalue weighted by atomic mass is 10.1. The molecule has 1 aliphatic rings. The molecule has 0 radical (unpaired) electrons. The van der Waals surface area contributed by atoms with Gasteiger partial charge in [0.1, 0.15) is 0 Å². The Morgan fingerprint density at radius 1 is 1.18 bits per heavy atom. The molecule has 0 spiro atoms. The summed E-state index contributed by atoms with van der Waals surface area (Å²) in [6.07, 6.45) is -0.727. The van der Waals surface area contributed by atoms with Crippen LogP contribution in [0, 0.1) is 0 Å². The number of rotatable bonds is 4. The minimum Gasteiger partial charge on any atom is -0.395 e. The molecule has 4 heteroatoms. The largest absolute Gasteiger partial charge is 0.395 e. The fourth-order valence-corrected chi connectivity index (χ4v) is 2.35. The summed E-state index contributed by atoms with van der Waals surface area (Å²) in [7, 11) is 0. The molecule has 3 atom stereocenters. The van der Waals surface area contributed by atoms with Gasteiger partial charge in [-0.2, -0.15) is 0 Å². The van der Waals surface area contributed by atoms with Crippen molar-refractivity contribution in [3.05, 3.63) is 35.9 Å². The van der Waals surface area contributed by atoms with Gasteiger partial charge in [0.2, 0.25) is 0 Å². The Morgan fingerprint density at radius 2 is 1.88 bits per heavy atom. The third-order valence-electron chi connectivity index (χ3n) is 3.40. The second-order valence-corrected chi connectivity index (χ2v) is 4.54. The highest BCUT2D eigenvalue weighted by Crippen LogP contribution is 2.18. The second kappa shape index (κ2) is 5.60. The van der Waals surface area contributed by atoms with E-state index in [9.17, 15) is 15.3 Å². The zero-order valence-electron chi connectivity index (χ0n) is 9.74. The van der Waals surface area contributed by atoms with Crippen LogP contribution >= 0.6 is 0 Å². The van der Waals surface area contributed by atoms with Crippen molar-refractivity contribution in [3.8, 4) is 0 Å². The van der Waals surface area contributed by atoms with Crippen LogP contribution in [0.3, 0.4) is 0 Å². The summed E-state index contributed by atoms with van der Waals surface area (Å²) in [5.41, 5.74) is 1.22. The van der Waals surface area contributed by atoms with Gasteiger partial charge in [0.25, 0.3) is 0 Å². The molecule has 17 heavy (non-hydrogen) atoms. The van der Waals surface area contributed by atoms with Crippen molar-refractivity contribution in [1.29, 1.82) is 0 Å². The van der Waals surface area contributed by atoms with Gasteiger partial charge in [-0.3, -0.25) is 4.90 Å². The van der Waals surface area contributed by atoms with Crippen LogP contribution in [0.4, 0.5) is 0 Å². The average Bonchev–Trinajstić information content (AvgIpc) is 2.63. The van der Waals surface area contributed by atoms with Crippen LogP contribution in [0.2, 0.25) is 0 Å². The molecule has 4 nitrogen and oxygen atoms in total. The fraction of sp³-hybridized carbons (Fsp3) is 0.538. The fourth-order valence-electron chi connectivity index (χ4n) is 2.35. The van der Waals surface area contributed by atoms with Crippen molar-refractivity contribution >= 4 is 0 Å². The SMILES string of the molecule is OC[C@H]1[C@H](O)[C@@H](O)CN1CCc1ccccc1. The van der Waals surface area contributed by atoms with Crippen molar-refractivity contribution in [2.45, 2.75) is 24.7 Å². The number of aliphatic hydroxyl groups excluding tert-OH is 3. The number of β-amino-alcohol motifs (C(OH)–C–C–N with tert-alkyl or cyclic N) is 1. The van der Waals surface area contributed by atoms with Crippen LogP contribution in [-0.2, 0) is 6.42 Å². The van der Waals surface area contributed by atoms with E-state index in [1.165, 1.54) is 5.56 Å². The maximum atomic E-state index is 9.67. The molecule has 0 aliphatic carbocycles. The smallest absolute Gasteiger partial charge is 0.0988 e. The highest BCUT2D eigenvalue weighted by Gasteiger charge is 2.38. The van der Waals surface area contributed by atoms with Gasteiger partial charge in [-0.15, -0.1) is 0 Å². The van der Waals surface area contributed by atoms with Gasteiger partial charge in [-0.1, -0.05) is 30.3 Å². The van der Waals surface area contributed by atoms with Crippen molar-refractivity contribution in [3.63, 3.8) is 0 Å². The number of hydrogen-bond acceptors (Lipinski definition) is 4. The molecular formula is C13H19NO3. The molecule has 1 heterocycles. The van der Waals surface area contributed by atoms with Gasteiger partial charge in [0, 0.05) is 13.1 Å². The van der Waals surface area contributed by atoms with Gasteiger partial charge >= 0.3 is 0 Å². The molecule has 3 N–H and O–H groups in total. The monoisotopic (exact) mass is 237 g/mol. The minimum absolute atomic E-state index is 0.118. The summed E-state index contributed by atoms with van der Waals surface area (Å²) in [6, 6.07) is 9.73. The van der Waals surface area contributed by atoms with E-state index < -0.39 is 12.2 Å². The minimum atomic E-state index is -0.837. The normalized spacial score (nSPS) is 29.7. The number of aliphatic hydroxyl groups is 3. The molecule has 1 saturated heterocycles. The molecule has 1 aliphatic heterocycles. The summed E-state index contributed by atoms with van der Waals surface area (Å²) in [5, 5.41) is 28.4. The van der Waals surface area contributed by atoms with E-state index in [0.717, 1.165) is 13.0 Å². The predicted octanol–water partition coefficient (Wildman–Crippen LogP) is -0.373. The summed E-state index contributed by atoms with van der Waals surface area (Å²) >= 11 is 0. The molecule has 0 aromatic heterocycles. The van der Waals surface area contributed by atoms with E-state index in [0.29, 0.717) is 6.54 Å². The topological polar surface area (TPSA) is 63.9 Å². The van der Waals surface area contributed by atoms with Crippen LogP contribution in [0.5, 0.6) is 0 Å². The van der Waals surface area contributed by atoms with Crippen LogP contribution in [-0.4, -0.2) is 58.2 Å². The van der Waals surface area contributed by atoms with Gasteiger partial charge in [0.05, 0.1) is 24.9 Å². The third-order valence-corrected chi connectivity index (χ3v) is 3.40. The lowest BCUT2D eigenvalue weighted by molar-refractivity contribution is 0.0218. The first-order chi connectivity index (χ1) is 8.22. The quantitative estimate of drug-likeness (QED) is 0.668. The molecular weight excluding hydrogens is 218 g/mol. The number of nitrogens with zero attached hydrogens (tertiary/aromatic N) is 1. The summed E-state index contributed by atoms with van der Waals surface area (Å²) in [5.74, 6) is 0.